The van der Waals surface area contributed by atoms with Crippen molar-refractivity contribution in [3.63, 3.8) is 0 Å². The molecule has 1 aromatic carbocycles. The first-order valence-corrected chi connectivity index (χ1v) is 7.65. The van der Waals surface area contributed by atoms with E-state index in [1.54, 1.807) is 13.3 Å². The Kier molecular flexibility index (Phi) is 4.19. The lowest BCUT2D eigenvalue weighted by molar-refractivity contribution is -0.125. The van der Waals surface area contributed by atoms with Crippen LogP contribution in [0.1, 0.15) is 25.3 Å². The van der Waals surface area contributed by atoms with Crippen LogP contribution >= 0.6 is 0 Å². The van der Waals surface area contributed by atoms with Gasteiger partial charge in [-0.3, -0.25) is 4.79 Å². The highest BCUT2D eigenvalue weighted by Gasteiger charge is 2.44. The molecule has 5 nitrogen and oxygen atoms in total. The van der Waals surface area contributed by atoms with Crippen LogP contribution in [0.25, 0.3) is 0 Å². The Hall–Kier alpha value is -2.56. The maximum Gasteiger partial charge on any atom is 0.226 e. The van der Waals surface area contributed by atoms with Crippen LogP contribution in [0, 0.1) is 5.41 Å². The molecular weight excluding hydrogens is 292 g/mol. The van der Waals surface area contributed by atoms with Crippen molar-refractivity contribution < 1.29 is 14.3 Å². The first-order valence-electron chi connectivity index (χ1n) is 7.65. The Morgan fingerprint density at radius 3 is 2.65 bits per heavy atom. The third kappa shape index (κ3) is 3.44. The number of ether oxygens (including phenoxy) is 2. The molecule has 1 heterocycles. The second-order valence-corrected chi connectivity index (χ2v) is 5.96. The van der Waals surface area contributed by atoms with Gasteiger partial charge in [0, 0.05) is 23.7 Å². The summed E-state index contributed by atoms with van der Waals surface area (Å²) < 4.78 is 11.2. The maximum atomic E-state index is 12.1. The monoisotopic (exact) mass is 312 g/mol. The molecule has 0 bridgehead atoms. The van der Waals surface area contributed by atoms with Crippen molar-refractivity contribution in [1.82, 2.24) is 10.3 Å². The largest absolute Gasteiger partial charge is 0.493 e. The highest BCUT2D eigenvalue weighted by Crippen LogP contribution is 2.45. The summed E-state index contributed by atoms with van der Waals surface area (Å²) in [4.78, 5) is 16.4. The molecule has 0 unspecified atom stereocenters. The molecule has 5 heteroatoms. The average Bonchev–Trinajstić information content (AvgIpc) is 3.33. The molecule has 1 aliphatic rings. The topological polar surface area (TPSA) is 60.5 Å². The van der Waals surface area contributed by atoms with Gasteiger partial charge < -0.3 is 14.8 Å². The predicted octanol–water partition coefficient (Wildman–Crippen LogP) is 3.30. The molecule has 1 saturated carbocycles. The van der Waals surface area contributed by atoms with Crippen molar-refractivity contribution in [2.24, 2.45) is 5.41 Å². The van der Waals surface area contributed by atoms with E-state index in [0.717, 1.165) is 18.4 Å². The lowest BCUT2D eigenvalue weighted by Crippen LogP contribution is -2.29. The Morgan fingerprint density at radius 2 is 1.96 bits per heavy atom. The number of carbonyl (C=O) groups is 1. The Morgan fingerprint density at radius 1 is 1.22 bits per heavy atom. The van der Waals surface area contributed by atoms with Crippen molar-refractivity contribution in [3.8, 4) is 17.4 Å². The number of benzene rings is 1. The van der Waals surface area contributed by atoms with Crippen molar-refractivity contribution in [1.29, 1.82) is 0 Å². The molecule has 2 aromatic rings. The van der Waals surface area contributed by atoms with Gasteiger partial charge in [0.2, 0.25) is 11.8 Å². The van der Waals surface area contributed by atoms with Crippen molar-refractivity contribution in [2.45, 2.75) is 26.3 Å². The summed E-state index contributed by atoms with van der Waals surface area (Å²) in [5, 5.41) is 2.97. The Balaban J connectivity index is 1.74. The quantitative estimate of drug-likeness (QED) is 0.889. The van der Waals surface area contributed by atoms with E-state index >= 15 is 0 Å². The molecule has 0 spiro atoms. The number of amides is 1. The first-order chi connectivity index (χ1) is 11.1. The number of nitrogens with zero attached hydrogens (tertiary/aromatic N) is 1. The highest BCUT2D eigenvalue weighted by molar-refractivity contribution is 5.84. The zero-order chi connectivity index (χ0) is 16.3. The van der Waals surface area contributed by atoms with E-state index in [9.17, 15) is 4.79 Å². The lowest BCUT2D eigenvalue weighted by Gasteiger charge is -2.14. The number of rotatable bonds is 6. The van der Waals surface area contributed by atoms with E-state index < -0.39 is 0 Å². The summed E-state index contributed by atoms with van der Waals surface area (Å²) in [6.07, 6.45) is 3.57. The van der Waals surface area contributed by atoms with Crippen molar-refractivity contribution >= 4 is 5.91 Å². The third-order valence-corrected chi connectivity index (χ3v) is 4.11. The van der Waals surface area contributed by atoms with Gasteiger partial charge >= 0.3 is 0 Å². The normalized spacial score (nSPS) is 14.9. The van der Waals surface area contributed by atoms with Crippen LogP contribution < -0.4 is 14.8 Å². The smallest absolute Gasteiger partial charge is 0.226 e. The van der Waals surface area contributed by atoms with Gasteiger partial charge in [0.1, 0.15) is 0 Å². The van der Waals surface area contributed by atoms with Crippen molar-refractivity contribution in [3.05, 3.63) is 48.2 Å². The molecule has 0 saturated heterocycles. The molecule has 0 atom stereocenters. The van der Waals surface area contributed by atoms with Crippen LogP contribution in [0.4, 0.5) is 0 Å². The molecule has 1 N–H and O–H groups in total. The second kappa shape index (κ2) is 6.28. The minimum absolute atomic E-state index is 0.0876. The maximum absolute atomic E-state index is 12.1. The summed E-state index contributed by atoms with van der Waals surface area (Å²) in [7, 11) is 1.60. The van der Waals surface area contributed by atoms with Gasteiger partial charge in [-0.05, 0) is 31.0 Å². The molecule has 23 heavy (non-hydrogen) atoms. The summed E-state index contributed by atoms with van der Waals surface area (Å²) >= 11 is 0. The van der Waals surface area contributed by atoms with Gasteiger partial charge in [0.05, 0.1) is 7.11 Å². The number of carbonyl (C=O) groups excluding carboxylic acids is 1. The molecule has 0 radical (unpaired) electrons. The van der Waals surface area contributed by atoms with E-state index in [2.05, 4.69) is 10.3 Å². The highest BCUT2D eigenvalue weighted by atomic mass is 16.5. The summed E-state index contributed by atoms with van der Waals surface area (Å²) in [6.45, 7) is 2.38. The SMILES string of the molecule is COc1ccccc1Oc1ncccc1CNC(=O)C1(C)CC1. The first kappa shape index (κ1) is 15.3. The predicted molar refractivity (Wildman–Crippen MR) is 86.5 cm³/mol. The van der Waals surface area contributed by atoms with Crippen LogP contribution in [0.2, 0.25) is 0 Å². The number of aromatic nitrogens is 1. The summed E-state index contributed by atoms with van der Waals surface area (Å²) in [5.41, 5.74) is 0.641. The summed E-state index contributed by atoms with van der Waals surface area (Å²) in [6, 6.07) is 11.1. The number of hydrogen-bond acceptors (Lipinski definition) is 4. The van der Waals surface area contributed by atoms with Crippen LogP contribution in [-0.4, -0.2) is 18.0 Å². The molecule has 0 aliphatic heterocycles. The van der Waals surface area contributed by atoms with Gasteiger partial charge in [0.25, 0.3) is 0 Å². The number of nitrogens with one attached hydrogen (secondary N) is 1. The van der Waals surface area contributed by atoms with E-state index in [4.69, 9.17) is 9.47 Å². The standard InChI is InChI=1S/C18H20N2O3/c1-18(9-10-18)17(21)20-12-13-6-5-11-19-16(13)23-15-8-4-3-7-14(15)22-2/h3-8,11H,9-10,12H2,1-2H3,(H,20,21). The van der Waals surface area contributed by atoms with Gasteiger partial charge in [-0.1, -0.05) is 25.1 Å². The molecule has 1 amide bonds. The second-order valence-electron chi connectivity index (χ2n) is 5.96. The van der Waals surface area contributed by atoms with Gasteiger partial charge in [-0.2, -0.15) is 0 Å². The van der Waals surface area contributed by atoms with Gasteiger partial charge in [0.15, 0.2) is 11.5 Å². The van der Waals surface area contributed by atoms with Crippen LogP contribution in [-0.2, 0) is 11.3 Å². The van der Waals surface area contributed by atoms with Crippen LogP contribution in [0.3, 0.4) is 0 Å². The van der Waals surface area contributed by atoms with E-state index in [1.807, 2.05) is 43.3 Å². The number of pyridine rings is 1. The fourth-order valence-electron chi connectivity index (χ4n) is 2.26. The third-order valence-electron chi connectivity index (χ3n) is 4.11. The van der Waals surface area contributed by atoms with Crippen LogP contribution in [0.5, 0.6) is 17.4 Å². The molecule has 120 valence electrons. The number of hydrogen-bond donors (Lipinski definition) is 1. The fourth-order valence-corrected chi connectivity index (χ4v) is 2.26. The van der Waals surface area contributed by atoms with E-state index in [1.165, 1.54) is 0 Å². The van der Waals surface area contributed by atoms with Gasteiger partial charge in [-0.15, -0.1) is 0 Å². The number of para-hydroxylation sites is 2. The molecular formula is C18H20N2O3. The van der Waals surface area contributed by atoms with Crippen LogP contribution in [0.15, 0.2) is 42.6 Å². The number of methoxy groups -OCH3 is 1. The fraction of sp³-hybridized carbons (Fsp3) is 0.333. The zero-order valence-electron chi connectivity index (χ0n) is 13.3. The van der Waals surface area contributed by atoms with E-state index in [-0.39, 0.29) is 11.3 Å². The molecule has 1 aromatic heterocycles. The zero-order valence-corrected chi connectivity index (χ0v) is 13.3. The summed E-state index contributed by atoms with van der Waals surface area (Å²) in [5.74, 6) is 1.79. The lowest BCUT2D eigenvalue weighted by atomic mass is 10.1. The van der Waals surface area contributed by atoms with E-state index in [0.29, 0.717) is 23.9 Å². The molecule has 1 fully saturated rings. The molecule has 1 aliphatic carbocycles. The Labute approximate surface area is 135 Å². The minimum Gasteiger partial charge on any atom is -0.493 e. The average molecular weight is 312 g/mol. The van der Waals surface area contributed by atoms with Gasteiger partial charge in [-0.25, -0.2) is 4.98 Å². The Bertz CT molecular complexity index is 711. The molecule has 3 rings (SSSR count). The minimum atomic E-state index is -0.189. The van der Waals surface area contributed by atoms with Crippen molar-refractivity contribution in [2.75, 3.05) is 7.11 Å².